The van der Waals surface area contributed by atoms with Gasteiger partial charge in [0.25, 0.3) is 0 Å². The van der Waals surface area contributed by atoms with Gasteiger partial charge in [-0.1, -0.05) is 18.3 Å². The molecule has 92 valence electrons. The molecule has 3 N–H and O–H groups in total. The highest BCUT2D eigenvalue weighted by Gasteiger charge is 2.12. The van der Waals surface area contributed by atoms with E-state index in [1.165, 1.54) is 23.1 Å². The summed E-state index contributed by atoms with van der Waals surface area (Å²) >= 11 is 4.74. The van der Waals surface area contributed by atoms with Gasteiger partial charge in [-0.25, -0.2) is 9.18 Å². The molecule has 0 spiro atoms. The molecule has 1 aromatic rings. The number of benzene rings is 1. The van der Waals surface area contributed by atoms with Crippen LogP contribution in [-0.2, 0) is 0 Å². The number of thiocarbonyl (C=S) groups is 1. The van der Waals surface area contributed by atoms with Crippen molar-refractivity contribution < 1.29 is 9.18 Å². The van der Waals surface area contributed by atoms with E-state index in [0.717, 1.165) is 0 Å². The smallest absolute Gasteiger partial charge is 0.322 e. The monoisotopic (exact) mass is 255 g/mol. The Kier molecular flexibility index (Phi) is 4.84. The maximum Gasteiger partial charge on any atom is 0.322 e. The van der Waals surface area contributed by atoms with E-state index < -0.39 is 5.82 Å². The fourth-order valence-corrected chi connectivity index (χ4v) is 1.44. The van der Waals surface area contributed by atoms with E-state index in [4.69, 9.17) is 18.0 Å². The Balaban J connectivity index is 2.67. The van der Waals surface area contributed by atoms with Gasteiger partial charge >= 0.3 is 6.03 Å². The number of urea groups is 1. The zero-order valence-electron chi connectivity index (χ0n) is 9.44. The van der Waals surface area contributed by atoms with Crippen molar-refractivity contribution in [3.05, 3.63) is 30.1 Å². The minimum Gasteiger partial charge on any atom is -0.392 e. The van der Waals surface area contributed by atoms with Crippen LogP contribution in [0.25, 0.3) is 0 Å². The molecule has 6 heteroatoms. The van der Waals surface area contributed by atoms with Crippen molar-refractivity contribution >= 4 is 28.9 Å². The second-order valence-electron chi connectivity index (χ2n) is 3.42. The molecule has 4 nitrogen and oxygen atoms in total. The molecule has 0 atom stereocenters. The van der Waals surface area contributed by atoms with Gasteiger partial charge < -0.3 is 16.0 Å². The summed E-state index contributed by atoms with van der Waals surface area (Å²) in [6.07, 6.45) is 0. The van der Waals surface area contributed by atoms with Crippen molar-refractivity contribution in [2.75, 3.05) is 18.4 Å². The summed E-state index contributed by atoms with van der Waals surface area (Å²) in [5, 5.41) is 2.57. The van der Waals surface area contributed by atoms with Crippen LogP contribution >= 0.6 is 12.2 Å². The predicted molar refractivity (Wildman–Crippen MR) is 69.5 cm³/mol. The first kappa shape index (κ1) is 13.4. The number of carbonyl (C=O) groups excluding carboxylic acids is 1. The number of amides is 2. The minimum atomic E-state index is -0.403. The van der Waals surface area contributed by atoms with Crippen LogP contribution in [0.15, 0.2) is 24.3 Å². The second-order valence-corrected chi connectivity index (χ2v) is 3.95. The first-order valence-electron chi connectivity index (χ1n) is 5.12. The van der Waals surface area contributed by atoms with Gasteiger partial charge in [0.2, 0.25) is 0 Å². The van der Waals surface area contributed by atoms with E-state index in [-0.39, 0.29) is 17.6 Å². The summed E-state index contributed by atoms with van der Waals surface area (Å²) in [7, 11) is 0. The molecule has 0 aromatic heterocycles. The van der Waals surface area contributed by atoms with Gasteiger partial charge in [-0.2, -0.15) is 0 Å². The molecule has 0 radical (unpaired) electrons. The molecule has 0 fully saturated rings. The van der Waals surface area contributed by atoms with Gasteiger partial charge in [0.1, 0.15) is 5.82 Å². The van der Waals surface area contributed by atoms with Crippen molar-refractivity contribution in [2.45, 2.75) is 6.92 Å². The van der Waals surface area contributed by atoms with Crippen LogP contribution in [0.2, 0.25) is 0 Å². The Bertz CT molecular complexity index is 425. The van der Waals surface area contributed by atoms with E-state index in [9.17, 15) is 9.18 Å². The van der Waals surface area contributed by atoms with Crippen molar-refractivity contribution in [1.82, 2.24) is 4.90 Å². The number of hydrogen-bond donors (Lipinski definition) is 2. The van der Waals surface area contributed by atoms with Crippen LogP contribution in [-0.4, -0.2) is 29.0 Å². The number of anilines is 1. The van der Waals surface area contributed by atoms with Crippen LogP contribution in [0.3, 0.4) is 0 Å². The Morgan fingerprint density at radius 1 is 1.59 bits per heavy atom. The minimum absolute atomic E-state index is 0.201. The van der Waals surface area contributed by atoms with Crippen molar-refractivity contribution in [2.24, 2.45) is 5.73 Å². The molecule has 0 saturated heterocycles. The topological polar surface area (TPSA) is 58.4 Å². The molecule has 0 aliphatic rings. The summed E-state index contributed by atoms with van der Waals surface area (Å²) < 4.78 is 12.9. The highest BCUT2D eigenvalue weighted by Crippen LogP contribution is 2.09. The molecule has 1 rings (SSSR count). The molecule has 0 aliphatic heterocycles. The first-order chi connectivity index (χ1) is 8.02. The van der Waals surface area contributed by atoms with Gasteiger partial charge in [-0.05, 0) is 25.1 Å². The number of nitrogens with zero attached hydrogens (tertiary/aromatic N) is 1. The third-order valence-corrected chi connectivity index (χ3v) is 2.22. The summed E-state index contributed by atoms with van der Waals surface area (Å²) in [4.78, 5) is 13.4. The third kappa shape index (κ3) is 4.36. The quantitative estimate of drug-likeness (QED) is 0.809. The van der Waals surface area contributed by atoms with E-state index in [0.29, 0.717) is 12.2 Å². The Hall–Kier alpha value is -1.69. The number of carbonyl (C=O) groups is 1. The molecule has 2 amide bonds. The number of nitrogens with two attached hydrogens (primary N) is 1. The maximum absolute atomic E-state index is 12.9. The summed E-state index contributed by atoms with van der Waals surface area (Å²) in [6.45, 7) is 2.48. The summed E-state index contributed by atoms with van der Waals surface area (Å²) in [5.74, 6) is -0.403. The van der Waals surface area contributed by atoms with Gasteiger partial charge in [-0.15, -0.1) is 0 Å². The highest BCUT2D eigenvalue weighted by atomic mass is 32.1. The van der Waals surface area contributed by atoms with Crippen LogP contribution < -0.4 is 11.1 Å². The molecular weight excluding hydrogens is 241 g/mol. The lowest BCUT2D eigenvalue weighted by atomic mass is 10.3. The van der Waals surface area contributed by atoms with Crippen molar-refractivity contribution in [3.63, 3.8) is 0 Å². The molecule has 0 heterocycles. The van der Waals surface area contributed by atoms with Crippen LogP contribution in [0.5, 0.6) is 0 Å². The SMILES string of the molecule is CCN(CC(N)=S)C(=O)Nc1cccc(F)c1. The Morgan fingerprint density at radius 2 is 2.29 bits per heavy atom. The summed E-state index contributed by atoms with van der Waals surface area (Å²) in [5.41, 5.74) is 5.77. The Morgan fingerprint density at radius 3 is 2.82 bits per heavy atom. The summed E-state index contributed by atoms with van der Waals surface area (Å²) in [6, 6.07) is 5.32. The van der Waals surface area contributed by atoms with Crippen LogP contribution in [0.4, 0.5) is 14.9 Å². The fourth-order valence-electron chi connectivity index (χ4n) is 1.28. The first-order valence-corrected chi connectivity index (χ1v) is 5.53. The molecular formula is C11H14FN3OS. The predicted octanol–water partition coefficient (Wildman–Crippen LogP) is 1.97. The largest absolute Gasteiger partial charge is 0.392 e. The van der Waals surface area contributed by atoms with E-state index in [1.54, 1.807) is 6.07 Å². The van der Waals surface area contributed by atoms with Gasteiger partial charge in [0.05, 0.1) is 11.5 Å². The number of rotatable bonds is 4. The number of nitrogens with one attached hydrogen (secondary N) is 1. The molecule has 0 bridgehead atoms. The fraction of sp³-hybridized carbons (Fsp3) is 0.273. The lowest BCUT2D eigenvalue weighted by molar-refractivity contribution is 0.221. The average molecular weight is 255 g/mol. The van der Waals surface area contributed by atoms with Gasteiger partial charge in [-0.3, -0.25) is 0 Å². The number of likely N-dealkylation sites (N-methyl/N-ethyl adjacent to an activating group) is 1. The zero-order valence-corrected chi connectivity index (χ0v) is 10.3. The van der Waals surface area contributed by atoms with Crippen molar-refractivity contribution in [3.8, 4) is 0 Å². The maximum atomic E-state index is 12.9. The lowest BCUT2D eigenvalue weighted by Gasteiger charge is -2.20. The molecule has 17 heavy (non-hydrogen) atoms. The van der Waals surface area contributed by atoms with Crippen LogP contribution in [0, 0.1) is 5.82 Å². The molecule has 0 saturated carbocycles. The average Bonchev–Trinajstić information content (AvgIpc) is 2.25. The molecule has 1 aromatic carbocycles. The lowest BCUT2D eigenvalue weighted by Crippen LogP contribution is -2.40. The third-order valence-electron chi connectivity index (χ3n) is 2.09. The molecule has 0 unspecified atom stereocenters. The Labute approximate surface area is 105 Å². The second kappa shape index (κ2) is 6.15. The van der Waals surface area contributed by atoms with Gasteiger partial charge in [0.15, 0.2) is 0 Å². The van der Waals surface area contributed by atoms with Crippen molar-refractivity contribution in [1.29, 1.82) is 0 Å². The normalized spacial score (nSPS) is 9.76. The van der Waals surface area contributed by atoms with Gasteiger partial charge in [0, 0.05) is 12.2 Å². The van der Waals surface area contributed by atoms with Crippen LogP contribution in [0.1, 0.15) is 6.92 Å². The number of halogens is 1. The van der Waals surface area contributed by atoms with E-state index >= 15 is 0 Å². The standard InChI is InChI=1S/C11H14FN3OS/c1-2-15(7-10(13)17)11(16)14-9-5-3-4-8(12)6-9/h3-6H,2,7H2,1H3,(H2,13,17)(H,14,16). The molecule has 0 aliphatic carbocycles. The van der Waals surface area contributed by atoms with E-state index in [2.05, 4.69) is 5.32 Å². The highest BCUT2D eigenvalue weighted by molar-refractivity contribution is 7.80. The van der Waals surface area contributed by atoms with E-state index in [1.807, 2.05) is 6.92 Å². The number of hydrogen-bond acceptors (Lipinski definition) is 2. The zero-order chi connectivity index (χ0) is 12.8.